The van der Waals surface area contributed by atoms with Gasteiger partial charge in [0.1, 0.15) is 0 Å². The van der Waals surface area contributed by atoms with E-state index in [0.717, 1.165) is 5.56 Å². The number of anilines is 1. The van der Waals surface area contributed by atoms with Gasteiger partial charge in [0.15, 0.2) is 5.13 Å². The van der Waals surface area contributed by atoms with Crippen molar-refractivity contribution in [2.45, 2.75) is 25.7 Å². The lowest BCUT2D eigenvalue weighted by Gasteiger charge is -2.14. The lowest BCUT2D eigenvalue weighted by molar-refractivity contribution is -0.139. The number of ether oxygens (including phenoxy) is 1. The van der Waals surface area contributed by atoms with E-state index in [-0.39, 0.29) is 24.2 Å². The molecule has 2 rings (SSSR count). The van der Waals surface area contributed by atoms with E-state index in [1.54, 1.807) is 5.38 Å². The second kappa shape index (κ2) is 7.70. The van der Waals surface area contributed by atoms with Gasteiger partial charge in [0.05, 0.1) is 25.1 Å². The van der Waals surface area contributed by atoms with Gasteiger partial charge in [-0.2, -0.15) is 0 Å². The molecule has 22 heavy (non-hydrogen) atoms. The van der Waals surface area contributed by atoms with E-state index in [0.29, 0.717) is 17.2 Å². The maximum Gasteiger partial charge on any atom is 0.311 e. The molecule has 0 aliphatic carbocycles. The van der Waals surface area contributed by atoms with Crippen LogP contribution in [0.1, 0.15) is 30.5 Å². The fraction of sp³-hybridized carbons (Fsp3) is 0.312. The Hall–Kier alpha value is -2.21. The predicted molar refractivity (Wildman–Crippen MR) is 85.9 cm³/mol. The molecule has 1 heterocycles. The first-order valence-electron chi connectivity index (χ1n) is 7.01. The van der Waals surface area contributed by atoms with Crippen LogP contribution in [0.25, 0.3) is 0 Å². The number of esters is 1. The molecule has 5 nitrogen and oxygen atoms in total. The lowest BCUT2D eigenvalue weighted by Crippen LogP contribution is -2.20. The Balaban J connectivity index is 2.03. The van der Waals surface area contributed by atoms with E-state index in [4.69, 9.17) is 0 Å². The molecule has 0 fully saturated rings. The van der Waals surface area contributed by atoms with Crippen LogP contribution in [0.4, 0.5) is 5.13 Å². The SMILES string of the molecule is CC[C@H](C(=O)Nc1nc(CC(=O)OC)cs1)c1ccccc1. The van der Waals surface area contributed by atoms with E-state index in [2.05, 4.69) is 15.0 Å². The van der Waals surface area contributed by atoms with E-state index in [1.165, 1.54) is 18.4 Å². The number of amides is 1. The smallest absolute Gasteiger partial charge is 0.311 e. The monoisotopic (exact) mass is 318 g/mol. The molecule has 1 aromatic heterocycles. The van der Waals surface area contributed by atoms with Crippen molar-refractivity contribution in [3.8, 4) is 0 Å². The second-order valence-corrected chi connectivity index (χ2v) is 5.62. The van der Waals surface area contributed by atoms with Crippen molar-refractivity contribution >= 4 is 28.3 Å². The lowest BCUT2D eigenvalue weighted by atomic mass is 9.96. The summed E-state index contributed by atoms with van der Waals surface area (Å²) >= 11 is 1.30. The van der Waals surface area contributed by atoms with Gasteiger partial charge in [-0.1, -0.05) is 37.3 Å². The van der Waals surface area contributed by atoms with Crippen LogP contribution in [0, 0.1) is 0 Å². The number of aromatic nitrogens is 1. The molecule has 0 saturated heterocycles. The first-order valence-corrected chi connectivity index (χ1v) is 7.89. The zero-order valence-corrected chi connectivity index (χ0v) is 13.4. The highest BCUT2D eigenvalue weighted by molar-refractivity contribution is 7.13. The number of hydrogen-bond acceptors (Lipinski definition) is 5. The molecule has 2 aromatic rings. The fourth-order valence-electron chi connectivity index (χ4n) is 2.12. The summed E-state index contributed by atoms with van der Waals surface area (Å²) in [7, 11) is 1.34. The van der Waals surface area contributed by atoms with Crippen molar-refractivity contribution in [3.05, 3.63) is 47.0 Å². The highest BCUT2D eigenvalue weighted by Gasteiger charge is 2.19. The molecule has 0 bridgehead atoms. The largest absolute Gasteiger partial charge is 0.469 e. The van der Waals surface area contributed by atoms with Crippen LogP contribution in [0.2, 0.25) is 0 Å². The fourth-order valence-corrected chi connectivity index (χ4v) is 2.83. The van der Waals surface area contributed by atoms with Gasteiger partial charge >= 0.3 is 5.97 Å². The number of nitrogens with zero attached hydrogens (tertiary/aromatic N) is 1. The van der Waals surface area contributed by atoms with Crippen LogP contribution in [0.15, 0.2) is 35.7 Å². The summed E-state index contributed by atoms with van der Waals surface area (Å²) in [6, 6.07) is 9.65. The quantitative estimate of drug-likeness (QED) is 0.831. The molecule has 0 aliphatic rings. The van der Waals surface area contributed by atoms with E-state index >= 15 is 0 Å². The van der Waals surface area contributed by atoms with Crippen LogP contribution in [-0.4, -0.2) is 24.0 Å². The molecule has 0 radical (unpaired) electrons. The molecule has 1 N–H and O–H groups in total. The minimum Gasteiger partial charge on any atom is -0.469 e. The van der Waals surface area contributed by atoms with Crippen LogP contribution >= 0.6 is 11.3 Å². The number of benzene rings is 1. The molecule has 1 atom stereocenters. The van der Waals surface area contributed by atoms with Crippen LogP contribution < -0.4 is 5.32 Å². The Kier molecular flexibility index (Phi) is 5.66. The molecular weight excluding hydrogens is 300 g/mol. The summed E-state index contributed by atoms with van der Waals surface area (Å²) in [5.74, 6) is -0.652. The third kappa shape index (κ3) is 4.14. The minimum absolute atomic E-state index is 0.0901. The van der Waals surface area contributed by atoms with Gasteiger partial charge in [0.2, 0.25) is 5.91 Å². The zero-order valence-electron chi connectivity index (χ0n) is 12.5. The molecule has 0 spiro atoms. The molecule has 1 aromatic carbocycles. The molecule has 116 valence electrons. The maximum atomic E-state index is 12.4. The summed E-state index contributed by atoms with van der Waals surface area (Å²) in [5, 5.41) is 5.06. The summed E-state index contributed by atoms with van der Waals surface area (Å²) in [5.41, 5.74) is 1.58. The third-order valence-corrected chi connectivity index (χ3v) is 4.07. The van der Waals surface area contributed by atoms with Crippen molar-refractivity contribution in [2.75, 3.05) is 12.4 Å². The van der Waals surface area contributed by atoms with Gasteiger partial charge in [0.25, 0.3) is 0 Å². The van der Waals surface area contributed by atoms with Crippen molar-refractivity contribution in [1.82, 2.24) is 4.98 Å². The Labute approximate surface area is 133 Å². The average Bonchev–Trinajstić information content (AvgIpc) is 2.96. The van der Waals surface area contributed by atoms with Crippen molar-refractivity contribution in [1.29, 1.82) is 0 Å². The van der Waals surface area contributed by atoms with Crippen molar-refractivity contribution < 1.29 is 14.3 Å². The standard InChI is InChI=1S/C16H18N2O3S/c1-3-13(11-7-5-4-6-8-11)15(20)18-16-17-12(10-22-16)9-14(19)21-2/h4-8,10,13H,3,9H2,1-2H3,(H,17,18,20)/t13-/m0/s1. The molecule has 0 saturated carbocycles. The topological polar surface area (TPSA) is 68.3 Å². The summed E-state index contributed by atoms with van der Waals surface area (Å²) < 4.78 is 4.60. The van der Waals surface area contributed by atoms with E-state index in [1.807, 2.05) is 37.3 Å². The van der Waals surface area contributed by atoms with Crippen LogP contribution in [-0.2, 0) is 20.7 Å². The second-order valence-electron chi connectivity index (χ2n) is 4.76. The molecular formula is C16H18N2O3S. The normalized spacial score (nSPS) is 11.7. The zero-order chi connectivity index (χ0) is 15.9. The first-order chi connectivity index (χ1) is 10.6. The van der Waals surface area contributed by atoms with Gasteiger partial charge in [-0.05, 0) is 12.0 Å². The number of carbonyl (C=O) groups is 2. The third-order valence-electron chi connectivity index (χ3n) is 3.26. The number of thiazole rings is 1. The van der Waals surface area contributed by atoms with E-state index < -0.39 is 0 Å². The summed E-state index contributed by atoms with van der Waals surface area (Å²) in [4.78, 5) is 27.8. The maximum absolute atomic E-state index is 12.4. The van der Waals surface area contributed by atoms with Gasteiger partial charge in [-0.25, -0.2) is 4.98 Å². The first kappa shape index (κ1) is 16.2. The molecule has 0 aliphatic heterocycles. The minimum atomic E-state index is -0.348. The Morgan fingerprint density at radius 2 is 2.05 bits per heavy atom. The predicted octanol–water partition coefficient (Wildman–Crippen LogP) is 2.99. The number of carbonyl (C=O) groups excluding carboxylic acids is 2. The highest BCUT2D eigenvalue weighted by atomic mass is 32.1. The number of nitrogens with one attached hydrogen (secondary N) is 1. The Morgan fingerprint density at radius 1 is 1.32 bits per heavy atom. The van der Waals surface area contributed by atoms with Gasteiger partial charge in [-0.3, -0.25) is 9.59 Å². The van der Waals surface area contributed by atoms with Crippen LogP contribution in [0.3, 0.4) is 0 Å². The van der Waals surface area contributed by atoms with Crippen molar-refractivity contribution in [3.63, 3.8) is 0 Å². The van der Waals surface area contributed by atoms with Gasteiger partial charge in [-0.15, -0.1) is 11.3 Å². The van der Waals surface area contributed by atoms with Crippen LogP contribution in [0.5, 0.6) is 0 Å². The van der Waals surface area contributed by atoms with E-state index in [9.17, 15) is 9.59 Å². The van der Waals surface area contributed by atoms with Gasteiger partial charge in [0, 0.05) is 5.38 Å². The molecule has 0 unspecified atom stereocenters. The Morgan fingerprint density at radius 3 is 2.68 bits per heavy atom. The highest BCUT2D eigenvalue weighted by Crippen LogP contribution is 2.23. The Bertz CT molecular complexity index is 640. The molecule has 6 heteroatoms. The number of hydrogen-bond donors (Lipinski definition) is 1. The average molecular weight is 318 g/mol. The number of methoxy groups -OCH3 is 1. The number of rotatable bonds is 6. The summed E-state index contributed by atoms with van der Waals surface area (Å²) in [6.45, 7) is 1.97. The molecule has 1 amide bonds. The van der Waals surface area contributed by atoms with Crippen molar-refractivity contribution in [2.24, 2.45) is 0 Å². The summed E-state index contributed by atoms with van der Waals surface area (Å²) in [6.07, 6.45) is 0.814. The van der Waals surface area contributed by atoms with Gasteiger partial charge < -0.3 is 10.1 Å².